The second kappa shape index (κ2) is 5.75. The number of anilines is 1. The van der Waals surface area contributed by atoms with E-state index in [-0.39, 0.29) is 6.10 Å². The first-order chi connectivity index (χ1) is 8.97. The first-order valence-electron chi connectivity index (χ1n) is 6.11. The molecule has 4 nitrogen and oxygen atoms in total. The van der Waals surface area contributed by atoms with Gasteiger partial charge in [-0.05, 0) is 43.2 Å². The van der Waals surface area contributed by atoms with Crippen molar-refractivity contribution in [3.63, 3.8) is 0 Å². The van der Waals surface area contributed by atoms with Gasteiger partial charge in [-0.25, -0.2) is 4.79 Å². The number of carbonyl (C=O) groups is 1. The van der Waals surface area contributed by atoms with E-state index in [4.69, 9.17) is 5.11 Å². The highest BCUT2D eigenvalue weighted by molar-refractivity contribution is 9.10. The molecular weight excluding hydrogens is 310 g/mol. The first-order valence-corrected chi connectivity index (χ1v) is 6.91. The Kier molecular flexibility index (Phi) is 4.27. The molecule has 1 aromatic rings. The number of aliphatic carboxylic acids is 1. The molecule has 1 aliphatic heterocycles. The summed E-state index contributed by atoms with van der Waals surface area (Å²) >= 11 is 3.40. The Hall–Kier alpha value is -1.33. The smallest absolute Gasteiger partial charge is 0.331 e. The Labute approximate surface area is 120 Å². The summed E-state index contributed by atoms with van der Waals surface area (Å²) in [7, 11) is 0. The van der Waals surface area contributed by atoms with Gasteiger partial charge < -0.3 is 15.1 Å². The minimum absolute atomic E-state index is 0.291. The van der Waals surface area contributed by atoms with Gasteiger partial charge in [0.05, 0.1) is 6.10 Å². The van der Waals surface area contributed by atoms with Crippen molar-refractivity contribution in [3.05, 3.63) is 33.8 Å². The number of rotatable bonds is 3. The lowest BCUT2D eigenvalue weighted by molar-refractivity contribution is -0.132. The largest absolute Gasteiger partial charge is 0.478 e. The van der Waals surface area contributed by atoms with Crippen molar-refractivity contribution in [1.29, 1.82) is 0 Å². The average Bonchev–Trinajstić information content (AvgIpc) is 2.75. The molecule has 1 saturated heterocycles. The van der Waals surface area contributed by atoms with Crippen LogP contribution in [0, 0.1) is 0 Å². The summed E-state index contributed by atoms with van der Waals surface area (Å²) in [5, 5.41) is 18.6. The van der Waals surface area contributed by atoms with Crippen molar-refractivity contribution >= 4 is 33.7 Å². The monoisotopic (exact) mass is 325 g/mol. The topological polar surface area (TPSA) is 60.8 Å². The molecule has 102 valence electrons. The number of hydrogen-bond acceptors (Lipinski definition) is 3. The summed E-state index contributed by atoms with van der Waals surface area (Å²) < 4.78 is 0.903. The molecule has 5 heteroatoms. The molecule has 1 aliphatic rings. The van der Waals surface area contributed by atoms with E-state index >= 15 is 0 Å². The molecule has 0 saturated carbocycles. The molecule has 0 spiro atoms. The number of aliphatic hydroxyl groups is 1. The van der Waals surface area contributed by atoms with Gasteiger partial charge in [0.1, 0.15) is 0 Å². The van der Waals surface area contributed by atoms with Crippen molar-refractivity contribution in [2.24, 2.45) is 0 Å². The molecule has 0 aliphatic carbocycles. The Morgan fingerprint density at radius 2 is 2.26 bits per heavy atom. The molecule has 1 atom stereocenters. The van der Waals surface area contributed by atoms with E-state index in [1.165, 1.54) is 0 Å². The Morgan fingerprint density at radius 3 is 2.84 bits per heavy atom. The summed E-state index contributed by atoms with van der Waals surface area (Å²) in [5.41, 5.74) is 2.10. The van der Waals surface area contributed by atoms with Gasteiger partial charge in [-0.2, -0.15) is 0 Å². The normalized spacial score (nSPS) is 19.8. The molecule has 1 heterocycles. The van der Waals surface area contributed by atoms with Crippen molar-refractivity contribution < 1.29 is 15.0 Å². The molecule has 1 unspecified atom stereocenters. The van der Waals surface area contributed by atoms with Crippen LogP contribution in [0.1, 0.15) is 18.9 Å². The van der Waals surface area contributed by atoms with Crippen molar-refractivity contribution in [2.45, 2.75) is 19.4 Å². The van der Waals surface area contributed by atoms with Gasteiger partial charge in [0.2, 0.25) is 0 Å². The lowest BCUT2D eigenvalue weighted by Crippen LogP contribution is -2.22. The van der Waals surface area contributed by atoms with E-state index in [1.54, 1.807) is 13.0 Å². The van der Waals surface area contributed by atoms with Crippen LogP contribution < -0.4 is 4.90 Å². The van der Waals surface area contributed by atoms with Crippen molar-refractivity contribution in [1.82, 2.24) is 0 Å². The third-order valence-electron chi connectivity index (χ3n) is 3.20. The summed E-state index contributed by atoms with van der Waals surface area (Å²) in [4.78, 5) is 13.0. The first kappa shape index (κ1) is 14.1. The number of aliphatic hydroxyl groups excluding tert-OH is 1. The van der Waals surface area contributed by atoms with Crippen molar-refractivity contribution in [2.75, 3.05) is 18.0 Å². The summed E-state index contributed by atoms with van der Waals surface area (Å²) in [6.45, 7) is 2.95. The van der Waals surface area contributed by atoms with Crippen LogP contribution in [-0.2, 0) is 4.79 Å². The zero-order valence-corrected chi connectivity index (χ0v) is 12.2. The highest BCUT2D eigenvalue weighted by atomic mass is 79.9. The summed E-state index contributed by atoms with van der Waals surface area (Å²) in [6, 6.07) is 5.77. The van der Waals surface area contributed by atoms with Gasteiger partial charge in [0.15, 0.2) is 0 Å². The maximum absolute atomic E-state index is 10.9. The second-order valence-corrected chi connectivity index (χ2v) is 5.64. The number of β-amino-alcohol motifs (C(OH)–C–C–N with tert-alkyl or cyclic N) is 1. The predicted molar refractivity (Wildman–Crippen MR) is 78.3 cm³/mol. The average molecular weight is 326 g/mol. The highest BCUT2D eigenvalue weighted by Crippen LogP contribution is 2.29. The van der Waals surface area contributed by atoms with E-state index < -0.39 is 5.97 Å². The number of carboxylic acid groups (broad SMARTS) is 1. The minimum Gasteiger partial charge on any atom is -0.478 e. The SMILES string of the molecule is CC(=Cc1cc(Br)ccc1N1CCC(O)C1)C(=O)O. The summed E-state index contributed by atoms with van der Waals surface area (Å²) in [5.74, 6) is -0.924. The minimum atomic E-state index is -0.924. The van der Waals surface area contributed by atoms with Crippen LogP contribution >= 0.6 is 15.9 Å². The zero-order valence-electron chi connectivity index (χ0n) is 10.6. The van der Waals surface area contributed by atoms with Gasteiger partial charge in [0.25, 0.3) is 0 Å². The fraction of sp³-hybridized carbons (Fsp3) is 0.357. The van der Waals surface area contributed by atoms with E-state index in [1.807, 2.05) is 18.2 Å². The number of carboxylic acids is 1. The van der Waals surface area contributed by atoms with E-state index in [9.17, 15) is 9.90 Å². The number of nitrogens with zero attached hydrogens (tertiary/aromatic N) is 1. The van der Waals surface area contributed by atoms with Gasteiger partial charge >= 0.3 is 5.97 Å². The number of halogens is 1. The molecule has 0 bridgehead atoms. The van der Waals surface area contributed by atoms with Crippen LogP contribution in [0.5, 0.6) is 0 Å². The van der Waals surface area contributed by atoms with Crippen LogP contribution in [0.25, 0.3) is 6.08 Å². The van der Waals surface area contributed by atoms with E-state index in [0.29, 0.717) is 12.1 Å². The molecule has 0 aromatic heterocycles. The zero-order chi connectivity index (χ0) is 14.0. The van der Waals surface area contributed by atoms with Crippen LogP contribution in [-0.4, -0.2) is 35.4 Å². The molecule has 2 N–H and O–H groups in total. The standard InChI is InChI=1S/C14H16BrNO3/c1-9(14(18)19)6-10-7-11(15)2-3-13(10)16-5-4-12(17)8-16/h2-3,6-7,12,17H,4-5,8H2,1H3,(H,18,19). The van der Waals surface area contributed by atoms with E-state index in [2.05, 4.69) is 20.8 Å². The van der Waals surface area contributed by atoms with Gasteiger partial charge in [0, 0.05) is 28.8 Å². The molecule has 1 aromatic carbocycles. The Bertz CT molecular complexity index is 527. The van der Waals surface area contributed by atoms with Crippen LogP contribution in [0.15, 0.2) is 28.2 Å². The third-order valence-corrected chi connectivity index (χ3v) is 3.70. The fourth-order valence-electron chi connectivity index (χ4n) is 2.18. The van der Waals surface area contributed by atoms with Crippen molar-refractivity contribution in [3.8, 4) is 0 Å². The third kappa shape index (κ3) is 3.36. The molecule has 19 heavy (non-hydrogen) atoms. The Balaban J connectivity index is 2.38. The van der Waals surface area contributed by atoms with Gasteiger partial charge in [-0.15, -0.1) is 0 Å². The van der Waals surface area contributed by atoms with Crippen LogP contribution in [0.4, 0.5) is 5.69 Å². The Morgan fingerprint density at radius 1 is 1.53 bits per heavy atom. The molecule has 2 rings (SSSR count). The maximum atomic E-state index is 10.9. The number of hydrogen-bond donors (Lipinski definition) is 2. The van der Waals surface area contributed by atoms with Gasteiger partial charge in [-0.1, -0.05) is 15.9 Å². The van der Waals surface area contributed by atoms with E-state index in [0.717, 1.165) is 28.7 Å². The lowest BCUT2D eigenvalue weighted by Gasteiger charge is -2.20. The van der Waals surface area contributed by atoms with Gasteiger partial charge in [-0.3, -0.25) is 0 Å². The number of benzene rings is 1. The quantitative estimate of drug-likeness (QED) is 0.838. The molecule has 0 radical (unpaired) electrons. The van der Waals surface area contributed by atoms with Crippen LogP contribution in [0.2, 0.25) is 0 Å². The molecular formula is C14H16BrNO3. The summed E-state index contributed by atoms with van der Waals surface area (Å²) in [6.07, 6.45) is 2.10. The maximum Gasteiger partial charge on any atom is 0.331 e. The predicted octanol–water partition coefficient (Wildman–Crippen LogP) is 2.51. The second-order valence-electron chi connectivity index (χ2n) is 4.72. The lowest BCUT2D eigenvalue weighted by atomic mass is 10.1. The molecule has 0 amide bonds. The molecule has 1 fully saturated rings. The fourth-order valence-corrected chi connectivity index (χ4v) is 2.56. The highest BCUT2D eigenvalue weighted by Gasteiger charge is 2.22. The van der Waals surface area contributed by atoms with Crippen LogP contribution in [0.3, 0.4) is 0 Å².